The minimum atomic E-state index is -3.56. The Labute approximate surface area is 239 Å². The van der Waals surface area contributed by atoms with E-state index in [0.717, 1.165) is 0 Å². The summed E-state index contributed by atoms with van der Waals surface area (Å²) in [5, 5.41) is 8.99. The van der Waals surface area contributed by atoms with Crippen molar-refractivity contribution in [3.63, 3.8) is 0 Å². The van der Waals surface area contributed by atoms with Gasteiger partial charge in [0.05, 0.1) is 34.8 Å². The van der Waals surface area contributed by atoms with Crippen molar-refractivity contribution in [2.45, 2.75) is 24.0 Å². The van der Waals surface area contributed by atoms with Crippen molar-refractivity contribution < 1.29 is 22.5 Å². The number of carbonyl (C=O) groups excluding carboxylic acids is 1. The van der Waals surface area contributed by atoms with Crippen LogP contribution in [0, 0.1) is 0 Å². The van der Waals surface area contributed by atoms with Gasteiger partial charge >= 0.3 is 6.03 Å². The first kappa shape index (κ1) is 29.6. The first-order chi connectivity index (χ1) is 19.0. The highest BCUT2D eigenvalue weighted by Gasteiger charge is 2.32. The summed E-state index contributed by atoms with van der Waals surface area (Å²) in [7, 11) is -3.19. The maximum atomic E-state index is 13.7. The number of benzene rings is 2. The van der Waals surface area contributed by atoms with Crippen molar-refractivity contribution in [1.29, 1.82) is 0 Å². The van der Waals surface area contributed by atoms with Crippen molar-refractivity contribution in [1.82, 2.24) is 20.2 Å². The van der Waals surface area contributed by atoms with Gasteiger partial charge in [-0.3, -0.25) is 0 Å². The molecule has 0 saturated carbocycles. The Morgan fingerprint density at radius 2 is 1.80 bits per heavy atom. The zero-order valence-corrected chi connectivity index (χ0v) is 25.1. The van der Waals surface area contributed by atoms with E-state index in [-0.39, 0.29) is 27.7 Å². The van der Waals surface area contributed by atoms with Crippen LogP contribution in [-0.4, -0.2) is 74.1 Å². The molecule has 0 radical (unpaired) electrons. The summed E-state index contributed by atoms with van der Waals surface area (Å²) in [6.07, 6.45) is 2.18. The molecule has 40 heavy (non-hydrogen) atoms. The van der Waals surface area contributed by atoms with Gasteiger partial charge in [-0.15, -0.1) is 0 Å². The van der Waals surface area contributed by atoms with Crippen LogP contribution in [0.3, 0.4) is 0 Å². The van der Waals surface area contributed by atoms with Crippen LogP contribution in [0.2, 0.25) is 5.02 Å². The van der Waals surface area contributed by atoms with Crippen molar-refractivity contribution in [3.05, 3.63) is 53.7 Å². The molecule has 1 saturated heterocycles. The van der Waals surface area contributed by atoms with Gasteiger partial charge in [0.2, 0.25) is 5.95 Å². The predicted molar refractivity (Wildman–Crippen MR) is 158 cm³/mol. The third-order valence-corrected chi connectivity index (χ3v) is 12.2. The molecule has 0 atom stereocenters. The lowest BCUT2D eigenvalue weighted by atomic mass is 10.3. The Hall–Kier alpha value is -3.34. The zero-order chi connectivity index (χ0) is 29.1. The molecule has 1 aromatic heterocycles. The molecule has 3 N–H and O–H groups in total. The Morgan fingerprint density at radius 3 is 2.45 bits per heavy atom. The number of halogens is 1. The fourth-order valence-corrected chi connectivity index (χ4v) is 8.19. The zero-order valence-electron chi connectivity index (χ0n) is 22.6. The van der Waals surface area contributed by atoms with E-state index in [1.165, 1.54) is 19.4 Å². The quantitative estimate of drug-likeness (QED) is 0.317. The first-order valence-electron chi connectivity index (χ1n) is 12.6. The largest absolute Gasteiger partial charge is 0.495 e. The van der Waals surface area contributed by atoms with Gasteiger partial charge in [-0.25, -0.2) is 18.2 Å². The van der Waals surface area contributed by atoms with E-state index in [9.17, 15) is 17.8 Å². The fraction of sp³-hybridized carbons (Fsp3) is 0.346. The highest BCUT2D eigenvalue weighted by atomic mass is 35.5. The smallest absolute Gasteiger partial charge is 0.317 e. The van der Waals surface area contributed by atoms with Crippen molar-refractivity contribution >= 4 is 63.1 Å². The third kappa shape index (κ3) is 6.19. The van der Waals surface area contributed by atoms with Crippen LogP contribution in [0.25, 0.3) is 0 Å². The second kappa shape index (κ2) is 12.0. The number of urea groups is 1. The molecule has 1 fully saturated rings. The number of hydrogen-bond acceptors (Lipinski definition) is 9. The number of nitrogens with zero attached hydrogens (tertiary/aromatic N) is 3. The van der Waals surface area contributed by atoms with Crippen molar-refractivity contribution in [2.24, 2.45) is 0 Å². The number of rotatable bonds is 8. The predicted octanol–water partition coefficient (Wildman–Crippen LogP) is 4.45. The van der Waals surface area contributed by atoms with E-state index < -0.39 is 22.2 Å². The number of amides is 2. The molecule has 0 bridgehead atoms. The Morgan fingerprint density at radius 1 is 1.10 bits per heavy atom. The molecule has 2 amide bonds. The monoisotopic (exact) mass is 606 g/mol. The van der Waals surface area contributed by atoms with Gasteiger partial charge in [-0.05, 0) is 44.2 Å². The number of carbonyl (C=O) groups is 1. The van der Waals surface area contributed by atoms with Crippen molar-refractivity contribution in [3.8, 4) is 5.75 Å². The molecule has 3 aromatic rings. The summed E-state index contributed by atoms with van der Waals surface area (Å²) in [5.74, 6) is 0.851. The highest BCUT2D eigenvalue weighted by Crippen LogP contribution is 2.47. The van der Waals surface area contributed by atoms with Crippen LogP contribution in [0.5, 0.6) is 5.75 Å². The van der Waals surface area contributed by atoms with E-state index in [2.05, 4.69) is 25.9 Å². The van der Waals surface area contributed by atoms with Gasteiger partial charge < -0.3 is 30.2 Å². The number of anilines is 4. The molecule has 2 aromatic carbocycles. The first-order valence-corrected chi connectivity index (χ1v) is 16.6. The normalized spacial score (nSPS) is 15.0. The summed E-state index contributed by atoms with van der Waals surface area (Å²) >= 11 is 6.35. The number of para-hydroxylation sites is 1. The molecule has 4 rings (SSSR count). The van der Waals surface area contributed by atoms with Crippen LogP contribution in [0.15, 0.2) is 53.6 Å². The summed E-state index contributed by atoms with van der Waals surface area (Å²) < 4.78 is 45.0. The topological polar surface area (TPSA) is 143 Å². The average molecular weight is 607 g/mol. The molecule has 214 valence electrons. The maximum absolute atomic E-state index is 13.7. The van der Waals surface area contributed by atoms with Crippen LogP contribution >= 0.6 is 18.7 Å². The van der Waals surface area contributed by atoms with Gasteiger partial charge in [0.1, 0.15) is 17.9 Å². The minimum Gasteiger partial charge on any atom is -0.495 e. The van der Waals surface area contributed by atoms with E-state index in [1.54, 1.807) is 62.2 Å². The Kier molecular flexibility index (Phi) is 8.92. The summed E-state index contributed by atoms with van der Waals surface area (Å²) in [6.45, 7) is 4.06. The molecule has 11 nitrogen and oxygen atoms in total. The molecule has 0 unspecified atom stereocenters. The number of sulfone groups is 1. The van der Waals surface area contributed by atoms with E-state index in [0.29, 0.717) is 47.8 Å². The molecule has 1 aliphatic heterocycles. The highest BCUT2D eigenvalue weighted by molar-refractivity contribution is 7.92. The van der Waals surface area contributed by atoms with Crippen LogP contribution < -0.4 is 26.0 Å². The standard InChI is InChI=1S/C26H32ClN6O5PS/c1-17(2)40(36,37)23-8-6-5-7-21(23)30-24-19(27)16-29-25(32-24)31-20-10-9-18(15-22(20)38-4)39(35)13-11-33(12-14-39)26(34)28-3/h5-10,15-17H,11-14H2,1-4H3,(H,28,34)(H2,29,30,31,32). The molecular weight excluding hydrogens is 575 g/mol. The second-order valence-electron chi connectivity index (χ2n) is 9.49. The lowest BCUT2D eigenvalue weighted by Crippen LogP contribution is -2.45. The minimum absolute atomic E-state index is 0.141. The summed E-state index contributed by atoms with van der Waals surface area (Å²) in [4.78, 5) is 22.4. The molecular formula is C26H32ClN6O5PS. The number of ether oxygens (including phenoxy) is 1. The number of nitrogens with one attached hydrogen (secondary N) is 3. The fourth-order valence-electron chi connectivity index (χ4n) is 4.28. The van der Waals surface area contributed by atoms with E-state index in [1.807, 2.05) is 0 Å². The lowest BCUT2D eigenvalue weighted by molar-refractivity contribution is 0.204. The SMILES string of the molecule is CNC(=O)N1CCP(=O)(c2ccc(Nc3ncc(Cl)c(Nc4ccccc4S(=O)(=O)C(C)C)n3)c(OC)c2)CC1. The van der Waals surface area contributed by atoms with Gasteiger partial charge in [-0.1, -0.05) is 23.7 Å². The third-order valence-electron chi connectivity index (χ3n) is 6.68. The van der Waals surface area contributed by atoms with E-state index in [4.69, 9.17) is 16.3 Å². The van der Waals surface area contributed by atoms with Crippen LogP contribution in [0.1, 0.15) is 13.8 Å². The van der Waals surface area contributed by atoms with Gasteiger partial charge in [0.15, 0.2) is 15.7 Å². The second-order valence-corrected chi connectivity index (χ2v) is 15.6. The van der Waals surface area contributed by atoms with E-state index >= 15 is 0 Å². The van der Waals surface area contributed by atoms with Gasteiger partial charge in [-0.2, -0.15) is 4.98 Å². The maximum Gasteiger partial charge on any atom is 0.317 e. The van der Waals surface area contributed by atoms with Crippen LogP contribution in [-0.2, 0) is 14.4 Å². The number of hydrogen-bond donors (Lipinski definition) is 3. The van der Waals surface area contributed by atoms with Gasteiger partial charge in [0, 0.05) is 37.8 Å². The molecule has 2 heterocycles. The molecule has 1 aliphatic rings. The summed E-state index contributed by atoms with van der Waals surface area (Å²) in [5.41, 5.74) is 0.884. The number of methoxy groups -OCH3 is 1. The average Bonchev–Trinajstić information content (AvgIpc) is 2.95. The lowest BCUT2D eigenvalue weighted by Gasteiger charge is -2.32. The van der Waals surface area contributed by atoms with Crippen molar-refractivity contribution in [2.75, 3.05) is 50.2 Å². The Balaban J connectivity index is 1.57. The molecule has 14 heteroatoms. The molecule has 0 spiro atoms. The number of aromatic nitrogens is 2. The Bertz CT molecular complexity index is 1560. The van der Waals surface area contributed by atoms with Crippen LogP contribution in [0.4, 0.5) is 27.9 Å². The van der Waals surface area contributed by atoms with Gasteiger partial charge in [0.25, 0.3) is 0 Å². The molecule has 0 aliphatic carbocycles. The summed E-state index contributed by atoms with van der Waals surface area (Å²) in [6, 6.07) is 11.6.